The molecule has 0 saturated carbocycles. The van der Waals surface area contributed by atoms with Gasteiger partial charge in [0.2, 0.25) is 5.82 Å². The second-order valence-electron chi connectivity index (χ2n) is 7.78. The van der Waals surface area contributed by atoms with E-state index in [4.69, 9.17) is 9.15 Å². The van der Waals surface area contributed by atoms with E-state index in [1.807, 2.05) is 34.9 Å². The molecule has 2 atom stereocenters. The van der Waals surface area contributed by atoms with Gasteiger partial charge in [0.1, 0.15) is 11.6 Å². The molecule has 8 nitrogen and oxygen atoms in total. The monoisotopic (exact) mass is 393 g/mol. The van der Waals surface area contributed by atoms with Crippen LogP contribution in [0.2, 0.25) is 0 Å². The number of hydrogen-bond acceptors (Lipinski definition) is 6. The number of carbonyl (C=O) groups is 1. The maximum atomic E-state index is 12.8. The van der Waals surface area contributed by atoms with Gasteiger partial charge in [0, 0.05) is 43.9 Å². The first kappa shape index (κ1) is 17.9. The summed E-state index contributed by atoms with van der Waals surface area (Å²) in [5.74, 6) is 2.84. The van der Waals surface area contributed by atoms with Crippen LogP contribution in [-0.4, -0.2) is 45.8 Å². The highest BCUT2D eigenvalue weighted by molar-refractivity contribution is 6.01. The highest BCUT2D eigenvalue weighted by Crippen LogP contribution is 2.33. The summed E-state index contributed by atoms with van der Waals surface area (Å²) in [5.41, 5.74) is 1.90. The Morgan fingerprint density at radius 2 is 2.00 bits per heavy atom. The molecule has 1 saturated heterocycles. The van der Waals surface area contributed by atoms with Crippen molar-refractivity contribution in [1.29, 1.82) is 0 Å². The molecule has 2 aliphatic heterocycles. The van der Waals surface area contributed by atoms with Gasteiger partial charge in [-0.1, -0.05) is 0 Å². The van der Waals surface area contributed by atoms with Crippen LogP contribution in [-0.2, 0) is 19.5 Å². The second kappa shape index (κ2) is 7.36. The molecule has 0 aliphatic carbocycles. The Balaban J connectivity index is 1.27. The SMILES string of the molecule is COc1ccc(NC(=O)c2nnc3n2C[C@@H]2CN(Cc4ccoc4)C[C@H]2C3)cc1. The van der Waals surface area contributed by atoms with E-state index in [1.54, 1.807) is 19.6 Å². The van der Waals surface area contributed by atoms with Gasteiger partial charge in [0.15, 0.2) is 0 Å². The van der Waals surface area contributed by atoms with Crippen molar-refractivity contribution in [3.63, 3.8) is 0 Å². The van der Waals surface area contributed by atoms with Crippen molar-refractivity contribution in [2.75, 3.05) is 25.5 Å². The molecule has 2 aliphatic rings. The normalized spacial score (nSPS) is 20.9. The zero-order chi connectivity index (χ0) is 19.8. The van der Waals surface area contributed by atoms with Gasteiger partial charge in [-0.15, -0.1) is 10.2 Å². The molecule has 1 N–H and O–H groups in total. The molecule has 150 valence electrons. The lowest BCUT2D eigenvalue weighted by Crippen LogP contribution is -2.31. The Hall–Kier alpha value is -3.13. The Morgan fingerprint density at radius 3 is 2.76 bits per heavy atom. The summed E-state index contributed by atoms with van der Waals surface area (Å²) >= 11 is 0. The second-order valence-corrected chi connectivity index (χ2v) is 7.78. The molecule has 0 bridgehead atoms. The van der Waals surface area contributed by atoms with E-state index in [0.29, 0.717) is 23.3 Å². The van der Waals surface area contributed by atoms with Crippen molar-refractivity contribution < 1.29 is 13.9 Å². The number of rotatable bonds is 5. The summed E-state index contributed by atoms with van der Waals surface area (Å²) in [5, 5.41) is 11.4. The number of nitrogens with one attached hydrogen (secondary N) is 1. The Morgan fingerprint density at radius 1 is 1.17 bits per heavy atom. The average molecular weight is 393 g/mol. The summed E-state index contributed by atoms with van der Waals surface area (Å²) in [7, 11) is 1.61. The first-order chi connectivity index (χ1) is 14.2. The van der Waals surface area contributed by atoms with Crippen LogP contribution >= 0.6 is 0 Å². The molecular weight excluding hydrogens is 370 g/mol. The maximum absolute atomic E-state index is 12.8. The van der Waals surface area contributed by atoms with Crippen LogP contribution in [0, 0.1) is 11.8 Å². The quantitative estimate of drug-likeness (QED) is 0.717. The number of hydrogen-bond donors (Lipinski definition) is 1. The molecule has 2 aromatic heterocycles. The fourth-order valence-electron chi connectivity index (χ4n) is 4.42. The molecule has 1 aromatic carbocycles. The number of likely N-dealkylation sites (tertiary alicyclic amines) is 1. The van der Waals surface area contributed by atoms with Crippen molar-refractivity contribution in [3.05, 3.63) is 60.1 Å². The summed E-state index contributed by atoms with van der Waals surface area (Å²) in [6.45, 7) is 3.72. The Kier molecular flexibility index (Phi) is 4.55. The molecular formula is C21H23N5O3. The number of methoxy groups -OCH3 is 1. The van der Waals surface area contributed by atoms with Crippen LogP contribution in [0.3, 0.4) is 0 Å². The molecule has 4 heterocycles. The van der Waals surface area contributed by atoms with Gasteiger partial charge in [-0.05, 0) is 42.2 Å². The Labute approximate surface area is 168 Å². The van der Waals surface area contributed by atoms with Gasteiger partial charge >= 0.3 is 0 Å². The summed E-state index contributed by atoms with van der Waals surface area (Å²) in [6, 6.07) is 9.26. The van der Waals surface area contributed by atoms with Gasteiger partial charge in [0.25, 0.3) is 5.91 Å². The summed E-state index contributed by atoms with van der Waals surface area (Å²) in [4.78, 5) is 15.2. The zero-order valence-corrected chi connectivity index (χ0v) is 16.2. The van der Waals surface area contributed by atoms with Gasteiger partial charge in [-0.2, -0.15) is 0 Å². The molecule has 1 amide bonds. The summed E-state index contributed by atoms with van der Waals surface area (Å²) < 4.78 is 12.3. The van der Waals surface area contributed by atoms with Gasteiger partial charge in [-0.3, -0.25) is 9.69 Å². The van der Waals surface area contributed by atoms with Gasteiger partial charge in [-0.25, -0.2) is 0 Å². The third-order valence-corrected chi connectivity index (χ3v) is 5.88. The molecule has 1 fully saturated rings. The third kappa shape index (κ3) is 3.51. The standard InChI is InChI=1S/C21H23N5O3/c1-28-18-4-2-17(3-5-18)22-21(27)20-24-23-19-8-15-10-25(9-14-6-7-29-13-14)11-16(15)12-26(19)20/h2-7,13,15-16H,8-12H2,1H3,(H,22,27)/t15-,16+/m1/s1. The molecule has 3 aromatic rings. The van der Waals surface area contributed by atoms with Gasteiger partial charge in [0.05, 0.1) is 19.6 Å². The fourth-order valence-corrected chi connectivity index (χ4v) is 4.42. The maximum Gasteiger partial charge on any atom is 0.293 e. The van der Waals surface area contributed by atoms with E-state index in [2.05, 4.69) is 20.4 Å². The average Bonchev–Trinajstić information content (AvgIpc) is 3.46. The van der Waals surface area contributed by atoms with Crippen molar-refractivity contribution >= 4 is 11.6 Å². The minimum absolute atomic E-state index is 0.236. The lowest BCUT2D eigenvalue weighted by atomic mass is 9.89. The molecule has 0 radical (unpaired) electrons. The van der Waals surface area contributed by atoms with Crippen molar-refractivity contribution in [1.82, 2.24) is 19.7 Å². The van der Waals surface area contributed by atoms with Crippen LogP contribution in [0.25, 0.3) is 0 Å². The smallest absolute Gasteiger partial charge is 0.293 e. The lowest BCUT2D eigenvalue weighted by molar-refractivity contribution is 0.100. The number of nitrogens with zero attached hydrogens (tertiary/aromatic N) is 4. The number of fused-ring (bicyclic) bond motifs is 2. The number of ether oxygens (including phenoxy) is 1. The highest BCUT2D eigenvalue weighted by Gasteiger charge is 2.39. The van der Waals surface area contributed by atoms with E-state index < -0.39 is 0 Å². The van der Waals surface area contributed by atoms with Crippen LogP contribution < -0.4 is 10.1 Å². The first-order valence-corrected chi connectivity index (χ1v) is 9.80. The van der Waals surface area contributed by atoms with E-state index in [-0.39, 0.29) is 5.91 Å². The van der Waals surface area contributed by atoms with E-state index in [1.165, 1.54) is 5.56 Å². The minimum Gasteiger partial charge on any atom is -0.497 e. The predicted molar refractivity (Wildman–Crippen MR) is 106 cm³/mol. The van der Waals surface area contributed by atoms with Crippen molar-refractivity contribution in [2.24, 2.45) is 11.8 Å². The van der Waals surface area contributed by atoms with Crippen LogP contribution in [0.15, 0.2) is 47.3 Å². The van der Waals surface area contributed by atoms with E-state index in [0.717, 1.165) is 44.2 Å². The van der Waals surface area contributed by atoms with E-state index in [9.17, 15) is 4.79 Å². The topological polar surface area (TPSA) is 85.4 Å². The molecule has 5 rings (SSSR count). The number of amides is 1. The fraction of sp³-hybridized carbons (Fsp3) is 0.381. The third-order valence-electron chi connectivity index (χ3n) is 5.88. The zero-order valence-electron chi connectivity index (χ0n) is 16.2. The lowest BCUT2D eigenvalue weighted by Gasteiger charge is -2.25. The number of benzene rings is 1. The Bertz CT molecular complexity index is 996. The van der Waals surface area contributed by atoms with Crippen LogP contribution in [0.5, 0.6) is 5.75 Å². The molecule has 29 heavy (non-hydrogen) atoms. The van der Waals surface area contributed by atoms with Crippen LogP contribution in [0.1, 0.15) is 22.0 Å². The first-order valence-electron chi connectivity index (χ1n) is 9.80. The predicted octanol–water partition coefficient (Wildman–Crippen LogP) is 2.44. The number of anilines is 1. The van der Waals surface area contributed by atoms with Crippen LogP contribution in [0.4, 0.5) is 5.69 Å². The molecule has 0 spiro atoms. The van der Waals surface area contributed by atoms with E-state index >= 15 is 0 Å². The van der Waals surface area contributed by atoms with Crippen molar-refractivity contribution in [3.8, 4) is 5.75 Å². The molecule has 0 unspecified atom stereocenters. The van der Waals surface area contributed by atoms with Gasteiger partial charge < -0.3 is 19.0 Å². The number of carbonyl (C=O) groups excluding carboxylic acids is 1. The molecule has 8 heteroatoms. The number of furan rings is 1. The number of aromatic nitrogens is 3. The highest BCUT2D eigenvalue weighted by atomic mass is 16.5. The minimum atomic E-state index is -0.236. The summed E-state index contributed by atoms with van der Waals surface area (Å²) in [6.07, 6.45) is 4.38. The van der Waals surface area contributed by atoms with Crippen molar-refractivity contribution in [2.45, 2.75) is 19.5 Å². The largest absolute Gasteiger partial charge is 0.497 e.